The Labute approximate surface area is 189 Å². The number of nitrogens with zero attached hydrogens (tertiary/aromatic N) is 1. The highest BCUT2D eigenvalue weighted by atomic mass is 32.2. The molecule has 0 aromatic heterocycles. The molecule has 0 aliphatic carbocycles. The maximum Gasteiger partial charge on any atom is 0.341 e. The van der Waals surface area contributed by atoms with Gasteiger partial charge >= 0.3 is 5.97 Å². The van der Waals surface area contributed by atoms with Crippen LogP contribution in [-0.2, 0) is 16.0 Å². The molecule has 0 atom stereocenters. The van der Waals surface area contributed by atoms with Gasteiger partial charge in [0.05, 0.1) is 19.1 Å². The molecule has 1 heterocycles. The minimum absolute atomic E-state index is 0.191. The summed E-state index contributed by atoms with van der Waals surface area (Å²) in [6.07, 6.45) is 2.27. The summed E-state index contributed by atoms with van der Waals surface area (Å²) in [6, 6.07) is 12.6. The normalized spacial score (nSPS) is 14.8. The third kappa shape index (κ3) is 5.56. The van der Waals surface area contributed by atoms with E-state index < -0.39 is 12.6 Å². The lowest BCUT2D eigenvalue weighted by Crippen LogP contribution is -2.30. The van der Waals surface area contributed by atoms with Crippen LogP contribution >= 0.6 is 24.0 Å². The van der Waals surface area contributed by atoms with Gasteiger partial charge in [0.1, 0.15) is 10.1 Å². The van der Waals surface area contributed by atoms with Crippen molar-refractivity contribution in [3.63, 3.8) is 0 Å². The van der Waals surface area contributed by atoms with Crippen molar-refractivity contribution in [1.29, 1.82) is 0 Å². The van der Waals surface area contributed by atoms with E-state index in [1.807, 2.05) is 18.2 Å². The van der Waals surface area contributed by atoms with Gasteiger partial charge in [0, 0.05) is 12.1 Å². The molecule has 2 aromatic rings. The van der Waals surface area contributed by atoms with E-state index in [1.54, 1.807) is 49.5 Å². The zero-order valence-corrected chi connectivity index (χ0v) is 18.6. The molecule has 1 amide bonds. The van der Waals surface area contributed by atoms with Crippen LogP contribution in [0.2, 0.25) is 0 Å². The molecule has 162 valence electrons. The van der Waals surface area contributed by atoms with Crippen molar-refractivity contribution in [3.05, 3.63) is 58.5 Å². The number of hydrogen-bond donors (Lipinski definition) is 1. The third-order valence-electron chi connectivity index (χ3n) is 4.50. The Bertz CT molecular complexity index is 1040. The summed E-state index contributed by atoms with van der Waals surface area (Å²) in [5, 5.41) is 8.84. The second kappa shape index (κ2) is 10.3. The first kappa shape index (κ1) is 22.6. The predicted molar refractivity (Wildman–Crippen MR) is 123 cm³/mol. The second-order valence-electron chi connectivity index (χ2n) is 6.49. The van der Waals surface area contributed by atoms with Crippen LogP contribution in [0.3, 0.4) is 0 Å². The van der Waals surface area contributed by atoms with E-state index in [4.69, 9.17) is 31.5 Å². The van der Waals surface area contributed by atoms with Gasteiger partial charge in [0.2, 0.25) is 0 Å². The maximum atomic E-state index is 12.9. The number of thioether (sulfide) groups is 1. The fourth-order valence-corrected chi connectivity index (χ4v) is 4.28. The molecule has 0 bridgehead atoms. The number of hydrogen-bond acceptors (Lipinski definition) is 7. The number of rotatable bonds is 9. The minimum atomic E-state index is -1.07. The van der Waals surface area contributed by atoms with Crippen molar-refractivity contribution in [2.45, 2.75) is 6.42 Å². The molecule has 2 aromatic carbocycles. The Hall–Kier alpha value is -3.04. The van der Waals surface area contributed by atoms with Gasteiger partial charge in [-0.2, -0.15) is 0 Å². The Morgan fingerprint density at radius 1 is 1.13 bits per heavy atom. The molecule has 7 nitrogen and oxygen atoms in total. The van der Waals surface area contributed by atoms with Gasteiger partial charge in [0.25, 0.3) is 5.91 Å². The SMILES string of the molecule is COc1ccc(CCN2C(=O)/C(=C\c3ccccc3OCC(=O)O)SC2=S)cc1OC. The molecule has 31 heavy (non-hydrogen) atoms. The average Bonchev–Trinajstić information content (AvgIpc) is 3.03. The number of carboxylic acids is 1. The lowest BCUT2D eigenvalue weighted by Gasteiger charge is -2.15. The Morgan fingerprint density at radius 2 is 1.87 bits per heavy atom. The topological polar surface area (TPSA) is 85.3 Å². The summed E-state index contributed by atoms with van der Waals surface area (Å²) in [5.74, 6) is 0.395. The number of carbonyl (C=O) groups excluding carboxylic acids is 1. The molecule has 1 saturated heterocycles. The predicted octanol–water partition coefficient (Wildman–Crippen LogP) is 3.61. The summed E-state index contributed by atoms with van der Waals surface area (Å²) in [7, 11) is 3.15. The van der Waals surface area contributed by atoms with Crippen LogP contribution in [0.1, 0.15) is 11.1 Å². The molecule has 1 aliphatic rings. The standard InChI is InChI=1S/C22H21NO6S2/c1-27-17-8-7-14(11-18(17)28-2)9-10-23-21(26)19(31-22(23)30)12-15-5-3-4-6-16(15)29-13-20(24)25/h3-8,11-12H,9-10,13H2,1-2H3,(H,24,25)/b19-12+. The van der Waals surface area contributed by atoms with Gasteiger partial charge in [0.15, 0.2) is 18.1 Å². The van der Waals surface area contributed by atoms with Crippen LogP contribution in [0, 0.1) is 0 Å². The zero-order valence-electron chi connectivity index (χ0n) is 17.0. The Kier molecular flexibility index (Phi) is 7.54. The smallest absolute Gasteiger partial charge is 0.341 e. The minimum Gasteiger partial charge on any atom is -0.493 e. The fourth-order valence-electron chi connectivity index (χ4n) is 2.98. The van der Waals surface area contributed by atoms with Gasteiger partial charge in [-0.3, -0.25) is 9.69 Å². The second-order valence-corrected chi connectivity index (χ2v) is 8.17. The number of para-hydroxylation sites is 1. The molecular formula is C22H21NO6S2. The van der Waals surface area contributed by atoms with Crippen molar-refractivity contribution in [3.8, 4) is 17.2 Å². The molecule has 0 unspecified atom stereocenters. The molecule has 9 heteroatoms. The van der Waals surface area contributed by atoms with Gasteiger partial charge in [-0.15, -0.1) is 0 Å². The van der Waals surface area contributed by atoms with E-state index in [2.05, 4.69) is 0 Å². The van der Waals surface area contributed by atoms with Crippen molar-refractivity contribution >= 4 is 46.3 Å². The van der Waals surface area contributed by atoms with Crippen LogP contribution in [0.4, 0.5) is 0 Å². The Balaban J connectivity index is 1.72. The molecule has 0 spiro atoms. The number of aliphatic carboxylic acids is 1. The fraction of sp³-hybridized carbons (Fsp3) is 0.227. The van der Waals surface area contributed by atoms with Crippen LogP contribution < -0.4 is 14.2 Å². The molecule has 1 aliphatic heterocycles. The number of amides is 1. The first-order valence-corrected chi connectivity index (χ1v) is 10.5. The zero-order chi connectivity index (χ0) is 22.4. The maximum absolute atomic E-state index is 12.9. The number of benzene rings is 2. The molecule has 3 rings (SSSR count). The average molecular weight is 460 g/mol. The number of methoxy groups -OCH3 is 2. The van der Waals surface area contributed by atoms with Crippen molar-refractivity contribution in [2.24, 2.45) is 0 Å². The highest BCUT2D eigenvalue weighted by molar-refractivity contribution is 8.26. The number of ether oxygens (including phenoxy) is 3. The van der Waals surface area contributed by atoms with E-state index in [1.165, 1.54) is 11.8 Å². The number of carboxylic acid groups (broad SMARTS) is 1. The van der Waals surface area contributed by atoms with Crippen molar-refractivity contribution in [1.82, 2.24) is 4.90 Å². The Morgan fingerprint density at radius 3 is 2.58 bits per heavy atom. The lowest BCUT2D eigenvalue weighted by atomic mass is 10.1. The van der Waals surface area contributed by atoms with Crippen LogP contribution in [0.5, 0.6) is 17.2 Å². The summed E-state index contributed by atoms with van der Waals surface area (Å²) in [4.78, 5) is 25.7. The molecular weight excluding hydrogens is 438 g/mol. The summed E-state index contributed by atoms with van der Waals surface area (Å²) in [6.45, 7) is -0.0359. The van der Waals surface area contributed by atoms with Gasteiger partial charge in [-0.25, -0.2) is 4.79 Å². The van der Waals surface area contributed by atoms with Crippen LogP contribution in [-0.4, -0.2) is 53.6 Å². The monoisotopic (exact) mass is 459 g/mol. The summed E-state index contributed by atoms with van der Waals surface area (Å²) in [5.41, 5.74) is 1.60. The number of thiocarbonyl (C=S) groups is 1. The molecule has 0 saturated carbocycles. The van der Waals surface area contributed by atoms with E-state index in [0.29, 0.717) is 45.0 Å². The molecule has 1 fully saturated rings. The van der Waals surface area contributed by atoms with E-state index in [0.717, 1.165) is 5.56 Å². The third-order valence-corrected chi connectivity index (χ3v) is 5.88. The van der Waals surface area contributed by atoms with E-state index in [9.17, 15) is 9.59 Å². The number of carbonyl (C=O) groups is 2. The van der Waals surface area contributed by atoms with Gasteiger partial charge < -0.3 is 19.3 Å². The first-order chi connectivity index (χ1) is 14.9. The van der Waals surface area contributed by atoms with Crippen LogP contribution in [0.25, 0.3) is 6.08 Å². The first-order valence-electron chi connectivity index (χ1n) is 9.33. The quantitative estimate of drug-likeness (QED) is 0.450. The van der Waals surface area contributed by atoms with E-state index >= 15 is 0 Å². The van der Waals surface area contributed by atoms with Gasteiger partial charge in [-0.1, -0.05) is 48.2 Å². The van der Waals surface area contributed by atoms with Crippen molar-refractivity contribution in [2.75, 3.05) is 27.4 Å². The molecule has 0 radical (unpaired) electrons. The lowest BCUT2D eigenvalue weighted by molar-refractivity contribution is -0.139. The van der Waals surface area contributed by atoms with E-state index in [-0.39, 0.29) is 5.91 Å². The summed E-state index contributed by atoms with van der Waals surface area (Å²) >= 11 is 6.62. The van der Waals surface area contributed by atoms with Gasteiger partial charge in [-0.05, 0) is 36.3 Å². The highest BCUT2D eigenvalue weighted by Crippen LogP contribution is 2.35. The molecule has 1 N–H and O–H groups in total. The largest absolute Gasteiger partial charge is 0.493 e. The van der Waals surface area contributed by atoms with Crippen molar-refractivity contribution < 1.29 is 28.9 Å². The highest BCUT2D eigenvalue weighted by Gasteiger charge is 2.32. The summed E-state index contributed by atoms with van der Waals surface area (Å²) < 4.78 is 16.4. The van der Waals surface area contributed by atoms with Crippen LogP contribution in [0.15, 0.2) is 47.4 Å².